The summed E-state index contributed by atoms with van der Waals surface area (Å²) in [5.41, 5.74) is 6.17. The lowest BCUT2D eigenvalue weighted by Gasteiger charge is -2.09. The van der Waals surface area contributed by atoms with Crippen molar-refractivity contribution in [3.8, 4) is 0 Å². The zero-order valence-electron chi connectivity index (χ0n) is 9.77. The van der Waals surface area contributed by atoms with Crippen LogP contribution in [0.4, 0.5) is 0 Å². The monoisotopic (exact) mass is 256 g/mol. The second-order valence-corrected chi connectivity index (χ2v) is 5.04. The molecule has 2 N–H and O–H groups in total. The molecule has 1 atom stereocenters. The molecule has 17 heavy (non-hydrogen) atoms. The minimum Gasteiger partial charge on any atom is -0.459 e. The van der Waals surface area contributed by atoms with E-state index in [9.17, 15) is 4.79 Å². The van der Waals surface area contributed by atoms with Gasteiger partial charge in [-0.2, -0.15) is 0 Å². The zero-order chi connectivity index (χ0) is 12.3. The summed E-state index contributed by atoms with van der Waals surface area (Å²) in [6.45, 7) is 3.23. The maximum atomic E-state index is 11.8. The zero-order valence-corrected chi connectivity index (χ0v) is 10.6. The quantitative estimate of drug-likeness (QED) is 0.820. The second kappa shape index (κ2) is 5.57. The minimum atomic E-state index is -0.324. The molecule has 1 aromatic heterocycles. The van der Waals surface area contributed by atoms with E-state index in [1.165, 1.54) is 11.3 Å². The van der Waals surface area contributed by atoms with Gasteiger partial charge < -0.3 is 15.2 Å². The lowest BCUT2D eigenvalue weighted by Crippen LogP contribution is -2.17. The summed E-state index contributed by atoms with van der Waals surface area (Å²) in [5, 5.41) is 0.756. The van der Waals surface area contributed by atoms with Crippen LogP contribution in [-0.2, 0) is 16.0 Å². The number of hydrogen-bond acceptors (Lipinski definition) is 6. The topological polar surface area (TPSA) is 74.4 Å². The lowest BCUT2D eigenvalue weighted by atomic mass is 10.2. The first-order chi connectivity index (χ1) is 8.20. The van der Waals surface area contributed by atoms with Crippen molar-refractivity contribution in [1.29, 1.82) is 0 Å². The van der Waals surface area contributed by atoms with E-state index in [-0.39, 0.29) is 12.1 Å². The molecule has 0 spiro atoms. The number of aromatic nitrogens is 1. The summed E-state index contributed by atoms with van der Waals surface area (Å²) >= 11 is 1.30. The van der Waals surface area contributed by atoms with Gasteiger partial charge in [0, 0.05) is 13.2 Å². The molecule has 5 nitrogen and oxygen atoms in total. The lowest BCUT2D eigenvalue weighted by molar-refractivity contribution is 0.0164. The largest absolute Gasteiger partial charge is 0.459 e. The van der Waals surface area contributed by atoms with Gasteiger partial charge in [-0.1, -0.05) is 0 Å². The molecule has 1 fully saturated rings. The standard InChI is InChI=1S/C11H16N2O3S/c1-7-10(17-9(5-12)13-7)11(14)16-6-8-3-2-4-15-8/h8H,2-6,12H2,1H3. The number of carbonyl (C=O) groups is 1. The first-order valence-electron chi connectivity index (χ1n) is 5.66. The smallest absolute Gasteiger partial charge is 0.350 e. The highest BCUT2D eigenvalue weighted by atomic mass is 32.1. The molecule has 0 saturated carbocycles. The van der Waals surface area contributed by atoms with Crippen LogP contribution in [0.5, 0.6) is 0 Å². The summed E-state index contributed by atoms with van der Waals surface area (Å²) < 4.78 is 10.6. The van der Waals surface area contributed by atoms with E-state index < -0.39 is 0 Å². The highest BCUT2D eigenvalue weighted by Gasteiger charge is 2.20. The molecular formula is C11H16N2O3S. The van der Waals surface area contributed by atoms with Crippen LogP contribution >= 0.6 is 11.3 Å². The predicted octanol–water partition coefficient (Wildman–Crippen LogP) is 1.25. The van der Waals surface area contributed by atoms with Crippen molar-refractivity contribution in [2.45, 2.75) is 32.4 Å². The second-order valence-electron chi connectivity index (χ2n) is 3.96. The molecule has 1 saturated heterocycles. The molecule has 0 amide bonds. The molecule has 0 aliphatic carbocycles. The Morgan fingerprint density at radius 3 is 3.12 bits per heavy atom. The fourth-order valence-electron chi connectivity index (χ4n) is 1.74. The van der Waals surface area contributed by atoms with Crippen molar-refractivity contribution in [2.24, 2.45) is 5.73 Å². The number of nitrogens with zero attached hydrogens (tertiary/aromatic N) is 1. The fraction of sp³-hybridized carbons (Fsp3) is 0.636. The number of hydrogen-bond donors (Lipinski definition) is 1. The van der Waals surface area contributed by atoms with E-state index >= 15 is 0 Å². The number of nitrogens with two attached hydrogens (primary N) is 1. The first kappa shape index (κ1) is 12.5. The SMILES string of the molecule is Cc1nc(CN)sc1C(=O)OCC1CCCO1. The van der Waals surface area contributed by atoms with Crippen molar-refractivity contribution < 1.29 is 14.3 Å². The number of thiazole rings is 1. The number of rotatable bonds is 4. The van der Waals surface area contributed by atoms with Gasteiger partial charge in [-0.05, 0) is 19.8 Å². The van der Waals surface area contributed by atoms with E-state index in [1.807, 2.05) is 0 Å². The van der Waals surface area contributed by atoms with E-state index in [1.54, 1.807) is 6.92 Å². The van der Waals surface area contributed by atoms with Gasteiger partial charge in [-0.3, -0.25) is 0 Å². The highest BCUT2D eigenvalue weighted by Crippen LogP contribution is 2.19. The Morgan fingerprint density at radius 1 is 1.71 bits per heavy atom. The molecule has 0 bridgehead atoms. The third-order valence-corrected chi connectivity index (χ3v) is 3.78. The van der Waals surface area contributed by atoms with Crippen LogP contribution < -0.4 is 5.73 Å². The van der Waals surface area contributed by atoms with Gasteiger partial charge in [0.1, 0.15) is 16.5 Å². The first-order valence-corrected chi connectivity index (χ1v) is 6.47. The van der Waals surface area contributed by atoms with E-state index in [4.69, 9.17) is 15.2 Å². The summed E-state index contributed by atoms with van der Waals surface area (Å²) in [6, 6.07) is 0. The van der Waals surface area contributed by atoms with Gasteiger partial charge in [0.15, 0.2) is 0 Å². The fourth-order valence-corrected chi connectivity index (χ4v) is 2.58. The Kier molecular flexibility index (Phi) is 4.09. The van der Waals surface area contributed by atoms with Gasteiger partial charge in [0.05, 0.1) is 11.8 Å². The number of esters is 1. The van der Waals surface area contributed by atoms with Crippen LogP contribution in [0.15, 0.2) is 0 Å². The average Bonchev–Trinajstić information content (AvgIpc) is 2.94. The third-order valence-electron chi connectivity index (χ3n) is 2.63. The molecule has 2 heterocycles. The van der Waals surface area contributed by atoms with Crippen LogP contribution in [0.3, 0.4) is 0 Å². The molecule has 0 radical (unpaired) electrons. The minimum absolute atomic E-state index is 0.0566. The molecular weight excluding hydrogens is 240 g/mol. The molecule has 94 valence electrons. The normalized spacial score (nSPS) is 19.5. The molecule has 1 aliphatic rings. The molecule has 2 rings (SSSR count). The van der Waals surface area contributed by atoms with Crippen LogP contribution in [0.1, 0.15) is 33.2 Å². The number of carbonyl (C=O) groups excluding carboxylic acids is 1. The van der Waals surface area contributed by atoms with E-state index in [0.717, 1.165) is 24.5 Å². The molecule has 0 aromatic carbocycles. The number of ether oxygens (including phenoxy) is 2. The van der Waals surface area contributed by atoms with Crippen molar-refractivity contribution in [2.75, 3.05) is 13.2 Å². The van der Waals surface area contributed by atoms with Gasteiger partial charge in [-0.25, -0.2) is 9.78 Å². The number of aryl methyl sites for hydroxylation is 1. The average molecular weight is 256 g/mol. The van der Waals surface area contributed by atoms with Gasteiger partial charge >= 0.3 is 5.97 Å². The van der Waals surface area contributed by atoms with Gasteiger partial charge in [0.2, 0.25) is 0 Å². The molecule has 1 unspecified atom stereocenters. The van der Waals surface area contributed by atoms with Crippen molar-refractivity contribution in [3.63, 3.8) is 0 Å². The summed E-state index contributed by atoms with van der Waals surface area (Å²) in [6.07, 6.45) is 2.06. The van der Waals surface area contributed by atoms with Crippen LogP contribution in [0, 0.1) is 6.92 Å². The Balaban J connectivity index is 1.91. The van der Waals surface area contributed by atoms with E-state index in [0.29, 0.717) is 23.7 Å². The maximum Gasteiger partial charge on any atom is 0.350 e. The van der Waals surface area contributed by atoms with Gasteiger partial charge in [0.25, 0.3) is 0 Å². The van der Waals surface area contributed by atoms with Crippen LogP contribution in [0.25, 0.3) is 0 Å². The Labute approximate surface area is 104 Å². The summed E-state index contributed by atoms with van der Waals surface area (Å²) in [4.78, 5) is 16.5. The Hall–Kier alpha value is -0.980. The van der Waals surface area contributed by atoms with Crippen molar-refractivity contribution >= 4 is 17.3 Å². The summed E-state index contributed by atoms with van der Waals surface area (Å²) in [5.74, 6) is -0.324. The van der Waals surface area contributed by atoms with Gasteiger partial charge in [-0.15, -0.1) is 11.3 Å². The summed E-state index contributed by atoms with van der Waals surface area (Å²) in [7, 11) is 0. The van der Waals surface area contributed by atoms with Crippen molar-refractivity contribution in [1.82, 2.24) is 4.98 Å². The van der Waals surface area contributed by atoms with Crippen molar-refractivity contribution in [3.05, 3.63) is 15.6 Å². The highest BCUT2D eigenvalue weighted by molar-refractivity contribution is 7.13. The molecule has 1 aliphatic heterocycles. The molecule has 6 heteroatoms. The third kappa shape index (κ3) is 3.02. The Bertz CT molecular complexity index is 399. The predicted molar refractivity (Wildman–Crippen MR) is 64.0 cm³/mol. The maximum absolute atomic E-state index is 11.8. The Morgan fingerprint density at radius 2 is 2.53 bits per heavy atom. The van der Waals surface area contributed by atoms with E-state index in [2.05, 4.69) is 4.98 Å². The van der Waals surface area contributed by atoms with Crippen LogP contribution in [-0.4, -0.2) is 30.3 Å². The van der Waals surface area contributed by atoms with Crippen LogP contribution in [0.2, 0.25) is 0 Å². The molecule has 1 aromatic rings.